The lowest BCUT2D eigenvalue weighted by atomic mass is 9.90. The third kappa shape index (κ3) is 4.67. The number of hydrogen-bond donors (Lipinski definition) is 0. The molecule has 2 nitrogen and oxygen atoms in total. The molecule has 0 saturated heterocycles. The van der Waals surface area contributed by atoms with Gasteiger partial charge in [-0.3, -0.25) is 0 Å². The maximum atomic E-state index is 2.46. The van der Waals surface area contributed by atoms with Gasteiger partial charge < -0.3 is 12.4 Å². The van der Waals surface area contributed by atoms with E-state index in [0.29, 0.717) is 0 Å². The monoisotopic (exact) mass is 522 g/mol. The number of benzene rings is 4. The van der Waals surface area contributed by atoms with E-state index in [1.165, 1.54) is 78.1 Å². The van der Waals surface area contributed by atoms with Crippen LogP contribution in [0, 0.1) is 55.4 Å². The average Bonchev–Trinajstić information content (AvgIpc) is 3.31. The lowest BCUT2D eigenvalue weighted by Gasteiger charge is -2.19. The topological polar surface area (TPSA) is 6.25 Å². The molecular formula is C35H39ClN2. The molecule has 5 rings (SSSR count). The van der Waals surface area contributed by atoms with Gasteiger partial charge in [-0.25, -0.2) is 9.48 Å². The van der Waals surface area contributed by atoms with Gasteiger partial charge in [-0.2, -0.15) is 0 Å². The summed E-state index contributed by atoms with van der Waals surface area (Å²) in [5.41, 5.74) is 18.8. The van der Waals surface area contributed by atoms with E-state index in [-0.39, 0.29) is 12.4 Å². The zero-order chi connectivity index (χ0) is 26.4. The molecule has 0 radical (unpaired) electrons. The highest BCUT2D eigenvalue weighted by Gasteiger charge is 2.29. The number of nitrogens with zero attached hydrogens (tertiary/aromatic N) is 2. The highest BCUT2D eigenvalue weighted by Crippen LogP contribution is 2.39. The summed E-state index contributed by atoms with van der Waals surface area (Å²) in [6.45, 7) is 19.9. The van der Waals surface area contributed by atoms with Crippen LogP contribution in [0.2, 0.25) is 0 Å². The van der Waals surface area contributed by atoms with Crippen LogP contribution in [-0.4, -0.2) is 24.0 Å². The molecule has 0 N–H and O–H groups in total. The van der Waals surface area contributed by atoms with E-state index in [9.17, 15) is 0 Å². The van der Waals surface area contributed by atoms with Crippen molar-refractivity contribution in [1.29, 1.82) is 0 Å². The zero-order valence-electron chi connectivity index (χ0n) is 24.0. The quantitative estimate of drug-likeness (QED) is 0.312. The second kappa shape index (κ2) is 10.8. The number of anilines is 1. The summed E-state index contributed by atoms with van der Waals surface area (Å²) in [6.07, 6.45) is 2.34. The Morgan fingerprint density at radius 3 is 1.55 bits per heavy atom. The molecule has 0 spiro atoms. The molecule has 38 heavy (non-hydrogen) atoms. The van der Waals surface area contributed by atoms with Gasteiger partial charge in [0, 0.05) is 11.1 Å². The molecule has 0 aliphatic carbocycles. The van der Waals surface area contributed by atoms with Crippen molar-refractivity contribution in [2.24, 2.45) is 0 Å². The van der Waals surface area contributed by atoms with E-state index in [2.05, 4.69) is 132 Å². The highest BCUT2D eigenvalue weighted by molar-refractivity contribution is 5.87. The van der Waals surface area contributed by atoms with E-state index >= 15 is 0 Å². The largest absolute Gasteiger partial charge is 1.00 e. The Hall–Kier alpha value is -3.36. The minimum absolute atomic E-state index is 0. The van der Waals surface area contributed by atoms with Gasteiger partial charge in [-0.1, -0.05) is 60.7 Å². The predicted octanol–water partition coefficient (Wildman–Crippen LogP) is 5.68. The Kier molecular flexibility index (Phi) is 7.85. The smallest absolute Gasteiger partial charge is 0.244 e. The summed E-state index contributed by atoms with van der Waals surface area (Å²) < 4.78 is 2.46. The van der Waals surface area contributed by atoms with Crippen LogP contribution in [0.3, 0.4) is 0 Å². The summed E-state index contributed by atoms with van der Waals surface area (Å²) in [5.74, 6) is 0. The first kappa shape index (κ1) is 27.7. The molecule has 1 heterocycles. The number of halogens is 1. The second-order valence-corrected chi connectivity index (χ2v) is 10.8. The second-order valence-electron chi connectivity index (χ2n) is 10.8. The van der Waals surface area contributed by atoms with Crippen molar-refractivity contribution in [2.45, 2.75) is 55.4 Å². The fourth-order valence-electron chi connectivity index (χ4n) is 6.41. The van der Waals surface area contributed by atoms with Crippen molar-refractivity contribution < 1.29 is 17.0 Å². The molecule has 0 aromatic heterocycles. The van der Waals surface area contributed by atoms with Crippen LogP contribution in [0.1, 0.15) is 44.5 Å². The molecule has 1 aliphatic rings. The molecule has 0 unspecified atom stereocenters. The lowest BCUT2D eigenvalue weighted by Crippen LogP contribution is -3.00. The van der Waals surface area contributed by atoms with Crippen LogP contribution in [0.5, 0.6) is 0 Å². The maximum Gasteiger partial charge on any atom is 0.244 e. The van der Waals surface area contributed by atoms with Crippen LogP contribution in [0.25, 0.3) is 22.3 Å². The van der Waals surface area contributed by atoms with E-state index in [0.717, 1.165) is 13.1 Å². The normalized spacial score (nSPS) is 12.9. The first-order valence-corrected chi connectivity index (χ1v) is 13.4. The lowest BCUT2D eigenvalue weighted by molar-refractivity contribution is -0.425. The van der Waals surface area contributed by atoms with E-state index in [1.54, 1.807) is 0 Å². The maximum absolute atomic E-state index is 2.46. The molecule has 4 aromatic carbocycles. The molecule has 0 amide bonds. The highest BCUT2D eigenvalue weighted by atomic mass is 35.5. The Morgan fingerprint density at radius 2 is 1.03 bits per heavy atom. The minimum Gasteiger partial charge on any atom is -1.00 e. The third-order valence-electron chi connectivity index (χ3n) is 8.20. The molecular weight excluding hydrogens is 484 g/mol. The van der Waals surface area contributed by atoms with Crippen molar-refractivity contribution >= 4 is 17.7 Å². The SMILES string of the molecule is Cc1cccc(C)c1-c1ccc(C)c(N2C=[N+](c3c(C)ccc(-c4c(C)cccc4C)c3C)CC2)c1C.[Cl-]. The minimum atomic E-state index is 0. The van der Waals surface area contributed by atoms with Crippen LogP contribution in [0.4, 0.5) is 11.4 Å². The van der Waals surface area contributed by atoms with Crippen molar-refractivity contribution in [3.05, 3.63) is 105 Å². The van der Waals surface area contributed by atoms with Crippen LogP contribution in [0.15, 0.2) is 60.7 Å². The molecule has 3 heteroatoms. The molecule has 0 saturated carbocycles. The molecule has 0 atom stereocenters. The first-order valence-electron chi connectivity index (χ1n) is 13.4. The molecule has 0 bridgehead atoms. The van der Waals surface area contributed by atoms with Gasteiger partial charge >= 0.3 is 0 Å². The third-order valence-corrected chi connectivity index (χ3v) is 8.20. The van der Waals surface area contributed by atoms with Gasteiger partial charge in [-0.05, 0) is 111 Å². The average molecular weight is 523 g/mol. The Bertz CT molecular complexity index is 1520. The Morgan fingerprint density at radius 1 is 0.553 bits per heavy atom. The fraction of sp³-hybridized carbons (Fsp3) is 0.286. The number of aryl methyl sites for hydroxylation is 6. The van der Waals surface area contributed by atoms with Crippen LogP contribution < -0.4 is 17.3 Å². The zero-order valence-corrected chi connectivity index (χ0v) is 24.8. The summed E-state index contributed by atoms with van der Waals surface area (Å²) >= 11 is 0. The molecule has 196 valence electrons. The molecule has 4 aromatic rings. The van der Waals surface area contributed by atoms with Gasteiger partial charge in [0.1, 0.15) is 24.5 Å². The summed E-state index contributed by atoms with van der Waals surface area (Å²) in [6, 6.07) is 22.4. The van der Waals surface area contributed by atoms with Crippen LogP contribution >= 0.6 is 0 Å². The molecule has 1 aliphatic heterocycles. The van der Waals surface area contributed by atoms with Crippen molar-refractivity contribution in [1.82, 2.24) is 0 Å². The van der Waals surface area contributed by atoms with Gasteiger partial charge in [0.2, 0.25) is 6.34 Å². The van der Waals surface area contributed by atoms with Gasteiger partial charge in [0.25, 0.3) is 0 Å². The number of rotatable bonds is 4. The standard InChI is InChI=1S/C35H39N2.ClH/c1-22-11-9-12-23(2)32(22)30-17-15-26(5)34(28(30)7)36-19-20-37(21-36)35-27(6)16-18-31(29(35)8)33-24(3)13-10-14-25(33)4;/h9-18,21H,19-20H2,1-8H3;1H/q+1;/p-1. The van der Waals surface area contributed by atoms with Crippen molar-refractivity contribution in [3.63, 3.8) is 0 Å². The number of hydrogen-bond acceptors (Lipinski definition) is 1. The fourth-order valence-corrected chi connectivity index (χ4v) is 6.41. The van der Waals surface area contributed by atoms with E-state index < -0.39 is 0 Å². The Balaban J connectivity index is 0.00000336. The van der Waals surface area contributed by atoms with Crippen molar-refractivity contribution in [3.8, 4) is 22.3 Å². The summed E-state index contributed by atoms with van der Waals surface area (Å²) in [5, 5.41) is 0. The summed E-state index contributed by atoms with van der Waals surface area (Å²) in [4.78, 5) is 2.46. The van der Waals surface area contributed by atoms with Crippen LogP contribution in [-0.2, 0) is 0 Å². The van der Waals surface area contributed by atoms with Gasteiger partial charge in [0.05, 0.1) is 0 Å². The first-order chi connectivity index (χ1) is 17.7. The van der Waals surface area contributed by atoms with Gasteiger partial charge in [0.15, 0.2) is 0 Å². The summed E-state index contributed by atoms with van der Waals surface area (Å²) in [7, 11) is 0. The van der Waals surface area contributed by atoms with Crippen molar-refractivity contribution in [2.75, 3.05) is 18.0 Å². The van der Waals surface area contributed by atoms with Gasteiger partial charge in [-0.15, -0.1) is 0 Å². The predicted molar refractivity (Wildman–Crippen MR) is 160 cm³/mol. The molecule has 0 fully saturated rings. The van der Waals surface area contributed by atoms with E-state index in [1.807, 2.05) is 0 Å². The Labute approximate surface area is 235 Å². The van der Waals surface area contributed by atoms with E-state index in [4.69, 9.17) is 0 Å².